The molecule has 1 atom stereocenters. The Morgan fingerprint density at radius 3 is 2.46 bits per heavy atom. The quantitative estimate of drug-likeness (QED) is 0.662. The molecule has 2 rings (SSSR count). The molecule has 0 spiro atoms. The number of amides is 2. The molecule has 6 nitrogen and oxygen atoms in total. The highest BCUT2D eigenvalue weighted by molar-refractivity contribution is 5.92. The maximum absolute atomic E-state index is 12.2. The highest BCUT2D eigenvalue weighted by Crippen LogP contribution is 2.16. The molecule has 2 aromatic carbocycles. The topological polar surface area (TPSA) is 70.7 Å². The van der Waals surface area contributed by atoms with Gasteiger partial charge < -0.3 is 15.4 Å². The standard InChI is InChI=1S/C22H29N3O3/c1-17(12-13-18-8-5-4-6-9-18)23-21(26)15-25(2)16-22(27)24-19-10-7-11-20(14-19)28-3/h4-11,14,17H,12-13,15-16H2,1-3H3,(H,23,26)(H,24,27). The van der Waals surface area contributed by atoms with Crippen LogP contribution < -0.4 is 15.4 Å². The number of methoxy groups -OCH3 is 1. The summed E-state index contributed by atoms with van der Waals surface area (Å²) in [6.07, 6.45) is 1.79. The largest absolute Gasteiger partial charge is 0.497 e. The van der Waals surface area contributed by atoms with Crippen LogP contribution in [0.4, 0.5) is 5.69 Å². The Hall–Kier alpha value is -2.86. The van der Waals surface area contributed by atoms with Gasteiger partial charge in [0.05, 0.1) is 20.2 Å². The van der Waals surface area contributed by atoms with Crippen molar-refractivity contribution in [2.45, 2.75) is 25.8 Å². The van der Waals surface area contributed by atoms with E-state index in [4.69, 9.17) is 4.74 Å². The van der Waals surface area contributed by atoms with E-state index in [0.29, 0.717) is 11.4 Å². The molecule has 1 unspecified atom stereocenters. The minimum Gasteiger partial charge on any atom is -0.497 e. The molecular weight excluding hydrogens is 354 g/mol. The second-order valence-corrected chi connectivity index (χ2v) is 6.95. The normalized spacial score (nSPS) is 11.7. The first-order valence-electron chi connectivity index (χ1n) is 9.42. The molecule has 6 heteroatoms. The molecule has 0 heterocycles. The van der Waals surface area contributed by atoms with Crippen molar-refractivity contribution in [3.05, 3.63) is 60.2 Å². The summed E-state index contributed by atoms with van der Waals surface area (Å²) in [6, 6.07) is 17.4. The summed E-state index contributed by atoms with van der Waals surface area (Å²) < 4.78 is 5.14. The molecule has 0 aliphatic rings. The van der Waals surface area contributed by atoms with Gasteiger partial charge in [-0.05, 0) is 44.5 Å². The second kappa shape index (κ2) is 11.1. The second-order valence-electron chi connectivity index (χ2n) is 6.95. The van der Waals surface area contributed by atoms with Gasteiger partial charge in [-0.1, -0.05) is 36.4 Å². The molecule has 0 saturated carbocycles. The lowest BCUT2D eigenvalue weighted by Gasteiger charge is -2.19. The molecule has 0 bridgehead atoms. The zero-order valence-electron chi connectivity index (χ0n) is 16.8. The van der Waals surface area contributed by atoms with E-state index in [1.807, 2.05) is 37.3 Å². The van der Waals surface area contributed by atoms with Crippen LogP contribution in [-0.4, -0.2) is 50.0 Å². The summed E-state index contributed by atoms with van der Waals surface area (Å²) >= 11 is 0. The Balaban J connectivity index is 1.70. The van der Waals surface area contributed by atoms with Crippen molar-refractivity contribution in [1.82, 2.24) is 10.2 Å². The predicted molar refractivity (Wildman–Crippen MR) is 111 cm³/mol. The lowest BCUT2D eigenvalue weighted by atomic mass is 10.1. The highest BCUT2D eigenvalue weighted by Gasteiger charge is 2.13. The van der Waals surface area contributed by atoms with Gasteiger partial charge in [-0.15, -0.1) is 0 Å². The number of ether oxygens (including phenoxy) is 1. The first kappa shape index (κ1) is 21.4. The molecule has 0 fully saturated rings. The van der Waals surface area contributed by atoms with Crippen LogP contribution in [0.5, 0.6) is 5.75 Å². The maximum Gasteiger partial charge on any atom is 0.238 e. The number of hydrogen-bond donors (Lipinski definition) is 2. The van der Waals surface area contributed by atoms with Crippen LogP contribution in [0.1, 0.15) is 18.9 Å². The number of likely N-dealkylation sites (N-methyl/N-ethyl adjacent to an activating group) is 1. The van der Waals surface area contributed by atoms with Gasteiger partial charge in [0.15, 0.2) is 0 Å². The SMILES string of the molecule is COc1cccc(NC(=O)CN(C)CC(=O)NC(C)CCc2ccccc2)c1. The molecular formula is C22H29N3O3. The van der Waals surface area contributed by atoms with Crippen LogP contribution in [0.25, 0.3) is 0 Å². The number of rotatable bonds is 10. The molecule has 2 aromatic rings. The third kappa shape index (κ3) is 7.80. The molecule has 0 aromatic heterocycles. The Morgan fingerprint density at radius 2 is 1.75 bits per heavy atom. The number of aryl methyl sites for hydroxylation is 1. The molecule has 2 amide bonds. The monoisotopic (exact) mass is 383 g/mol. The van der Waals surface area contributed by atoms with Crippen LogP contribution in [0.3, 0.4) is 0 Å². The summed E-state index contributed by atoms with van der Waals surface area (Å²) in [5.41, 5.74) is 1.92. The smallest absolute Gasteiger partial charge is 0.238 e. The van der Waals surface area contributed by atoms with Crippen molar-refractivity contribution in [3.63, 3.8) is 0 Å². The summed E-state index contributed by atoms with van der Waals surface area (Å²) in [6.45, 7) is 2.29. The van der Waals surface area contributed by atoms with Crippen molar-refractivity contribution in [3.8, 4) is 5.75 Å². The van der Waals surface area contributed by atoms with E-state index >= 15 is 0 Å². The maximum atomic E-state index is 12.2. The van der Waals surface area contributed by atoms with Crippen molar-refractivity contribution >= 4 is 17.5 Å². The van der Waals surface area contributed by atoms with Gasteiger partial charge in [-0.2, -0.15) is 0 Å². The van der Waals surface area contributed by atoms with Crippen molar-refractivity contribution in [2.24, 2.45) is 0 Å². The first-order valence-corrected chi connectivity index (χ1v) is 9.42. The summed E-state index contributed by atoms with van der Waals surface area (Å²) in [5, 5.41) is 5.80. The third-order valence-electron chi connectivity index (χ3n) is 4.30. The van der Waals surface area contributed by atoms with Gasteiger partial charge in [0.2, 0.25) is 11.8 Å². The number of anilines is 1. The van der Waals surface area contributed by atoms with Crippen LogP contribution in [-0.2, 0) is 16.0 Å². The minimum absolute atomic E-state index is 0.0757. The Bertz CT molecular complexity index is 765. The lowest BCUT2D eigenvalue weighted by Crippen LogP contribution is -2.42. The Morgan fingerprint density at radius 1 is 1.04 bits per heavy atom. The van der Waals surface area contributed by atoms with E-state index in [1.54, 1.807) is 31.2 Å². The number of nitrogens with zero attached hydrogens (tertiary/aromatic N) is 1. The van der Waals surface area contributed by atoms with Crippen LogP contribution in [0.15, 0.2) is 54.6 Å². The number of benzene rings is 2. The fourth-order valence-electron chi connectivity index (χ4n) is 2.87. The number of hydrogen-bond acceptors (Lipinski definition) is 4. The molecule has 150 valence electrons. The minimum atomic E-state index is -0.180. The van der Waals surface area contributed by atoms with E-state index in [2.05, 4.69) is 22.8 Å². The number of nitrogens with one attached hydrogen (secondary N) is 2. The summed E-state index contributed by atoms with van der Waals surface area (Å²) in [5.74, 6) is 0.410. The van der Waals surface area contributed by atoms with E-state index in [-0.39, 0.29) is 30.9 Å². The molecule has 0 aliphatic carbocycles. The van der Waals surface area contributed by atoms with Gasteiger partial charge in [0.25, 0.3) is 0 Å². The van der Waals surface area contributed by atoms with Gasteiger partial charge in [-0.25, -0.2) is 0 Å². The average molecular weight is 383 g/mol. The fourth-order valence-corrected chi connectivity index (χ4v) is 2.87. The van der Waals surface area contributed by atoms with Gasteiger partial charge >= 0.3 is 0 Å². The Labute approximate surface area is 166 Å². The zero-order chi connectivity index (χ0) is 20.4. The summed E-state index contributed by atoms with van der Waals surface area (Å²) in [7, 11) is 3.33. The number of carbonyl (C=O) groups excluding carboxylic acids is 2. The van der Waals surface area contributed by atoms with Crippen molar-refractivity contribution < 1.29 is 14.3 Å². The van der Waals surface area contributed by atoms with Crippen molar-refractivity contribution in [2.75, 3.05) is 32.6 Å². The summed E-state index contributed by atoms with van der Waals surface area (Å²) in [4.78, 5) is 26.0. The van der Waals surface area contributed by atoms with E-state index in [0.717, 1.165) is 12.8 Å². The van der Waals surface area contributed by atoms with E-state index in [9.17, 15) is 9.59 Å². The third-order valence-corrected chi connectivity index (χ3v) is 4.30. The van der Waals surface area contributed by atoms with Crippen LogP contribution in [0, 0.1) is 0 Å². The molecule has 2 N–H and O–H groups in total. The van der Waals surface area contributed by atoms with Crippen LogP contribution >= 0.6 is 0 Å². The average Bonchev–Trinajstić information content (AvgIpc) is 2.66. The predicted octanol–water partition coefficient (Wildman–Crippen LogP) is 2.70. The van der Waals surface area contributed by atoms with Gasteiger partial charge in [0.1, 0.15) is 5.75 Å². The van der Waals surface area contributed by atoms with Crippen LogP contribution in [0.2, 0.25) is 0 Å². The lowest BCUT2D eigenvalue weighted by molar-refractivity contribution is -0.123. The molecule has 28 heavy (non-hydrogen) atoms. The van der Waals surface area contributed by atoms with Crippen molar-refractivity contribution in [1.29, 1.82) is 0 Å². The highest BCUT2D eigenvalue weighted by atomic mass is 16.5. The fraction of sp³-hybridized carbons (Fsp3) is 0.364. The van der Waals surface area contributed by atoms with E-state index in [1.165, 1.54) is 5.56 Å². The van der Waals surface area contributed by atoms with Gasteiger partial charge in [-0.3, -0.25) is 14.5 Å². The first-order chi connectivity index (χ1) is 13.5. The van der Waals surface area contributed by atoms with Gasteiger partial charge in [0, 0.05) is 17.8 Å². The number of carbonyl (C=O) groups is 2. The molecule has 0 saturated heterocycles. The zero-order valence-corrected chi connectivity index (χ0v) is 16.8. The van der Waals surface area contributed by atoms with E-state index < -0.39 is 0 Å². The molecule has 0 aliphatic heterocycles. The molecule has 0 radical (unpaired) electrons. The Kier molecular flexibility index (Phi) is 8.49.